The first-order chi connectivity index (χ1) is 13.0. The first kappa shape index (κ1) is 19.5. The van der Waals surface area contributed by atoms with E-state index in [1.54, 1.807) is 18.2 Å². The first-order valence-corrected chi connectivity index (χ1v) is 9.60. The number of carbonyl (C=O) groups excluding carboxylic acids is 1. The maximum absolute atomic E-state index is 13.6. The molecule has 27 heavy (non-hydrogen) atoms. The van der Waals surface area contributed by atoms with E-state index in [4.69, 9.17) is 0 Å². The molecular weight excluding hydrogens is 345 g/mol. The van der Waals surface area contributed by atoms with Gasteiger partial charge in [-0.3, -0.25) is 14.4 Å². The second-order valence-corrected chi connectivity index (χ2v) is 7.35. The van der Waals surface area contributed by atoms with Crippen molar-refractivity contribution >= 4 is 5.91 Å². The molecule has 2 aromatic rings. The van der Waals surface area contributed by atoms with E-state index in [-0.39, 0.29) is 18.3 Å². The van der Waals surface area contributed by atoms with Crippen molar-refractivity contribution in [1.29, 1.82) is 0 Å². The van der Waals surface area contributed by atoms with Crippen LogP contribution in [0, 0.1) is 18.7 Å². The molecule has 0 radical (unpaired) electrons. The summed E-state index contributed by atoms with van der Waals surface area (Å²) < 4.78 is 15.4. The van der Waals surface area contributed by atoms with Crippen molar-refractivity contribution in [1.82, 2.24) is 25.0 Å². The van der Waals surface area contributed by atoms with Crippen molar-refractivity contribution < 1.29 is 9.18 Å². The molecule has 1 aliphatic rings. The molecule has 1 saturated heterocycles. The minimum atomic E-state index is -0.278. The molecule has 146 valence electrons. The summed E-state index contributed by atoms with van der Waals surface area (Å²) in [4.78, 5) is 19.0. The van der Waals surface area contributed by atoms with Gasteiger partial charge in [0.15, 0.2) is 0 Å². The molecule has 0 aliphatic carbocycles. The van der Waals surface area contributed by atoms with Gasteiger partial charge in [0, 0.05) is 32.1 Å². The van der Waals surface area contributed by atoms with Crippen LogP contribution in [0.3, 0.4) is 0 Å². The van der Waals surface area contributed by atoms with Crippen molar-refractivity contribution in [2.24, 2.45) is 13.0 Å². The topological polar surface area (TPSA) is 63.1 Å². The summed E-state index contributed by atoms with van der Waals surface area (Å²) in [6.07, 6.45) is 3.63. The van der Waals surface area contributed by atoms with E-state index in [2.05, 4.69) is 20.3 Å². The van der Waals surface area contributed by atoms with E-state index in [1.165, 1.54) is 6.07 Å². The minimum absolute atomic E-state index is 0.0145. The van der Waals surface area contributed by atoms with Gasteiger partial charge in [0.1, 0.15) is 17.5 Å². The lowest BCUT2D eigenvalue weighted by atomic mass is 9.93. The van der Waals surface area contributed by atoms with E-state index in [1.807, 2.05) is 18.7 Å². The molecular formula is C20H28FN5O. The van der Waals surface area contributed by atoms with E-state index < -0.39 is 0 Å². The lowest BCUT2D eigenvalue weighted by Gasteiger charge is -2.32. The molecule has 2 heterocycles. The number of hydrogen-bond donors (Lipinski definition) is 1. The smallest absolute Gasteiger partial charge is 0.220 e. The Morgan fingerprint density at radius 3 is 2.93 bits per heavy atom. The molecule has 7 heteroatoms. The third kappa shape index (κ3) is 5.60. The predicted molar refractivity (Wildman–Crippen MR) is 101 cm³/mol. The Labute approximate surface area is 159 Å². The number of hydrogen-bond acceptors (Lipinski definition) is 4. The quantitative estimate of drug-likeness (QED) is 0.810. The Hall–Kier alpha value is -2.28. The summed E-state index contributed by atoms with van der Waals surface area (Å²) in [6.45, 7) is 4.98. The summed E-state index contributed by atoms with van der Waals surface area (Å²) in [5.41, 5.74) is 0.522. The molecule has 1 aromatic carbocycles. The lowest BCUT2D eigenvalue weighted by Crippen LogP contribution is -2.36. The largest absolute Gasteiger partial charge is 0.352 e. The fourth-order valence-electron chi connectivity index (χ4n) is 3.68. The zero-order valence-electron chi connectivity index (χ0n) is 16.1. The number of aromatic nitrogens is 3. The maximum atomic E-state index is 13.6. The summed E-state index contributed by atoms with van der Waals surface area (Å²) in [7, 11) is 1.93. The van der Waals surface area contributed by atoms with Gasteiger partial charge < -0.3 is 5.32 Å². The molecule has 0 unspecified atom stereocenters. The van der Waals surface area contributed by atoms with Crippen molar-refractivity contribution in [3.05, 3.63) is 47.3 Å². The fraction of sp³-hybridized carbons (Fsp3) is 0.550. The normalized spacial score (nSPS) is 17.8. The second kappa shape index (κ2) is 9.08. The van der Waals surface area contributed by atoms with Crippen LogP contribution in [0.25, 0.3) is 0 Å². The average Bonchev–Trinajstić information content (AvgIpc) is 2.96. The SMILES string of the molecule is Cc1nc(CN2CCC[C@H](CCC(=O)NCc3ccccc3F)C2)n(C)n1. The Balaban J connectivity index is 1.42. The summed E-state index contributed by atoms with van der Waals surface area (Å²) in [5, 5.41) is 7.13. The molecule has 1 fully saturated rings. The number of carbonyl (C=O) groups is 1. The van der Waals surface area contributed by atoms with Gasteiger partial charge >= 0.3 is 0 Å². The number of aryl methyl sites for hydroxylation is 2. The number of halogens is 1. The van der Waals surface area contributed by atoms with Gasteiger partial charge in [-0.2, -0.15) is 5.10 Å². The van der Waals surface area contributed by atoms with Crippen molar-refractivity contribution in [3.8, 4) is 0 Å². The van der Waals surface area contributed by atoms with Crippen LogP contribution in [-0.4, -0.2) is 38.7 Å². The number of nitrogens with zero attached hydrogens (tertiary/aromatic N) is 4. The highest BCUT2D eigenvalue weighted by Gasteiger charge is 2.22. The Kier molecular flexibility index (Phi) is 6.55. The van der Waals surface area contributed by atoms with Gasteiger partial charge in [0.25, 0.3) is 0 Å². The zero-order valence-corrected chi connectivity index (χ0v) is 16.1. The number of likely N-dealkylation sites (tertiary alicyclic amines) is 1. The highest BCUT2D eigenvalue weighted by Crippen LogP contribution is 2.22. The van der Waals surface area contributed by atoms with Crippen LogP contribution >= 0.6 is 0 Å². The summed E-state index contributed by atoms with van der Waals surface area (Å²) >= 11 is 0. The standard InChI is InChI=1S/C20H28FN5O/c1-15-23-19(25(2)24-15)14-26-11-5-6-16(13-26)9-10-20(27)22-12-17-7-3-4-8-18(17)21/h3-4,7-8,16H,5-6,9-14H2,1-2H3,(H,22,27)/t16-/m1/s1. The predicted octanol–water partition coefficient (Wildman–Crippen LogP) is 2.57. The van der Waals surface area contributed by atoms with E-state index in [0.717, 1.165) is 50.5 Å². The molecule has 1 N–H and O–H groups in total. The number of nitrogens with one attached hydrogen (secondary N) is 1. The molecule has 3 rings (SSSR count). The minimum Gasteiger partial charge on any atom is -0.352 e. The highest BCUT2D eigenvalue weighted by molar-refractivity contribution is 5.75. The van der Waals surface area contributed by atoms with Gasteiger partial charge in [-0.1, -0.05) is 18.2 Å². The molecule has 1 atom stereocenters. The lowest BCUT2D eigenvalue weighted by molar-refractivity contribution is -0.121. The number of amides is 1. The van der Waals surface area contributed by atoms with Crippen molar-refractivity contribution in [2.75, 3.05) is 13.1 Å². The van der Waals surface area contributed by atoms with Gasteiger partial charge in [0.2, 0.25) is 5.91 Å². The van der Waals surface area contributed by atoms with Crippen LogP contribution in [0.5, 0.6) is 0 Å². The molecule has 6 nitrogen and oxygen atoms in total. The van der Waals surface area contributed by atoms with Crippen LogP contribution in [0.2, 0.25) is 0 Å². The Bertz CT molecular complexity index is 775. The summed E-state index contributed by atoms with van der Waals surface area (Å²) in [6, 6.07) is 6.54. The average molecular weight is 373 g/mol. The molecule has 0 bridgehead atoms. The Morgan fingerprint density at radius 2 is 2.19 bits per heavy atom. The zero-order chi connectivity index (χ0) is 19.2. The van der Waals surface area contributed by atoms with Crippen LogP contribution in [0.1, 0.15) is 42.9 Å². The maximum Gasteiger partial charge on any atom is 0.220 e. The van der Waals surface area contributed by atoms with E-state index in [9.17, 15) is 9.18 Å². The second-order valence-electron chi connectivity index (χ2n) is 7.35. The molecule has 1 amide bonds. The van der Waals surface area contributed by atoms with Crippen molar-refractivity contribution in [3.63, 3.8) is 0 Å². The van der Waals surface area contributed by atoms with Crippen LogP contribution in [0.4, 0.5) is 4.39 Å². The number of piperidine rings is 1. The number of benzene rings is 1. The van der Waals surface area contributed by atoms with E-state index in [0.29, 0.717) is 17.9 Å². The molecule has 1 aliphatic heterocycles. The van der Waals surface area contributed by atoms with Gasteiger partial charge in [-0.25, -0.2) is 9.37 Å². The first-order valence-electron chi connectivity index (χ1n) is 9.60. The highest BCUT2D eigenvalue weighted by atomic mass is 19.1. The monoisotopic (exact) mass is 373 g/mol. The molecule has 0 saturated carbocycles. The van der Waals surface area contributed by atoms with E-state index >= 15 is 0 Å². The van der Waals surface area contributed by atoms with Gasteiger partial charge in [0.05, 0.1) is 6.54 Å². The molecule has 0 spiro atoms. The number of rotatable bonds is 7. The Morgan fingerprint density at radius 1 is 1.37 bits per heavy atom. The summed E-state index contributed by atoms with van der Waals surface area (Å²) in [5.74, 6) is 2.00. The van der Waals surface area contributed by atoms with Crippen LogP contribution < -0.4 is 5.32 Å². The van der Waals surface area contributed by atoms with Crippen molar-refractivity contribution in [2.45, 2.75) is 45.7 Å². The fourth-order valence-corrected chi connectivity index (χ4v) is 3.68. The molecule has 1 aromatic heterocycles. The van der Waals surface area contributed by atoms with Gasteiger partial charge in [-0.05, 0) is 44.7 Å². The third-order valence-corrected chi connectivity index (χ3v) is 5.14. The van der Waals surface area contributed by atoms with Crippen LogP contribution in [0.15, 0.2) is 24.3 Å². The van der Waals surface area contributed by atoms with Crippen LogP contribution in [-0.2, 0) is 24.9 Å². The third-order valence-electron chi connectivity index (χ3n) is 5.14. The van der Waals surface area contributed by atoms with Gasteiger partial charge in [-0.15, -0.1) is 0 Å².